The molecule has 6 nitrogen and oxygen atoms in total. The maximum absolute atomic E-state index is 12.2. The van der Waals surface area contributed by atoms with E-state index in [1.165, 1.54) is 25.7 Å². The van der Waals surface area contributed by atoms with E-state index in [0.29, 0.717) is 18.9 Å². The van der Waals surface area contributed by atoms with E-state index in [9.17, 15) is 4.79 Å². The predicted molar refractivity (Wildman–Crippen MR) is 87.7 cm³/mol. The van der Waals surface area contributed by atoms with Crippen LogP contribution in [-0.4, -0.2) is 20.8 Å². The number of aryl methyl sites for hydroxylation is 1. The lowest BCUT2D eigenvalue weighted by Gasteiger charge is -2.12. The van der Waals surface area contributed by atoms with Crippen molar-refractivity contribution in [1.29, 1.82) is 0 Å². The number of nitrogens with one attached hydrogen (secondary N) is 1. The van der Waals surface area contributed by atoms with Gasteiger partial charge >= 0.3 is 0 Å². The number of aromatic nitrogens is 3. The van der Waals surface area contributed by atoms with Gasteiger partial charge in [-0.1, -0.05) is 18.0 Å². The highest BCUT2D eigenvalue weighted by atomic mass is 35.5. The Kier molecular flexibility index (Phi) is 4.71. The number of amides is 1. The van der Waals surface area contributed by atoms with E-state index in [-0.39, 0.29) is 11.1 Å². The summed E-state index contributed by atoms with van der Waals surface area (Å²) < 4.78 is 6.94. The number of nitrogens with zero attached hydrogens (tertiary/aromatic N) is 3. The van der Waals surface area contributed by atoms with E-state index in [1.54, 1.807) is 6.20 Å². The molecule has 0 aliphatic heterocycles. The molecule has 1 saturated carbocycles. The van der Waals surface area contributed by atoms with E-state index in [2.05, 4.69) is 15.6 Å². The third-order valence-corrected chi connectivity index (χ3v) is 4.83. The number of carbonyl (C=O) groups excluding carboxylic acids is 1. The van der Waals surface area contributed by atoms with E-state index < -0.39 is 0 Å². The van der Waals surface area contributed by atoms with Crippen molar-refractivity contribution in [2.24, 2.45) is 0 Å². The minimum absolute atomic E-state index is 0.0595. The summed E-state index contributed by atoms with van der Waals surface area (Å²) in [4.78, 5) is 12.2. The maximum Gasteiger partial charge on any atom is 0.229 e. The average Bonchev–Trinajstić information content (AvgIpc) is 3.22. The monoisotopic (exact) mass is 336 g/mol. The quantitative estimate of drug-likeness (QED) is 0.900. The summed E-state index contributed by atoms with van der Waals surface area (Å²) in [7, 11) is 0. The van der Waals surface area contributed by atoms with Gasteiger partial charge in [0.15, 0.2) is 0 Å². The molecule has 124 valence electrons. The molecule has 7 heteroatoms. The Labute approximate surface area is 140 Å². The van der Waals surface area contributed by atoms with Gasteiger partial charge in [-0.25, -0.2) is 0 Å². The zero-order chi connectivity index (χ0) is 16.4. The molecular formula is C16H21ClN4O2. The number of anilines is 1. The van der Waals surface area contributed by atoms with Crippen molar-refractivity contribution in [2.75, 3.05) is 5.32 Å². The van der Waals surface area contributed by atoms with Crippen LogP contribution in [-0.2, 0) is 11.2 Å². The molecule has 0 spiro atoms. The minimum atomic E-state index is -0.0595. The zero-order valence-corrected chi connectivity index (χ0v) is 14.2. The van der Waals surface area contributed by atoms with Crippen LogP contribution in [0.5, 0.6) is 0 Å². The molecule has 0 saturated heterocycles. The Morgan fingerprint density at radius 3 is 2.83 bits per heavy atom. The normalized spacial score (nSPS) is 15.3. The van der Waals surface area contributed by atoms with Crippen molar-refractivity contribution in [2.45, 2.75) is 58.4 Å². The second-order valence-corrected chi connectivity index (χ2v) is 6.44. The highest BCUT2D eigenvalue weighted by Crippen LogP contribution is 2.31. The number of halogens is 1. The molecule has 1 aliphatic carbocycles. The SMILES string of the molecule is Cc1noc(Cl)c1CCC(=O)Nc1cnn(C2CCCC2)c1C. The van der Waals surface area contributed by atoms with E-state index in [4.69, 9.17) is 16.1 Å². The van der Waals surface area contributed by atoms with Crippen LogP contribution in [0.1, 0.15) is 55.1 Å². The van der Waals surface area contributed by atoms with Gasteiger partial charge in [-0.15, -0.1) is 0 Å². The van der Waals surface area contributed by atoms with E-state index >= 15 is 0 Å². The van der Waals surface area contributed by atoms with Crippen LogP contribution in [0.2, 0.25) is 5.22 Å². The fraction of sp³-hybridized carbons (Fsp3) is 0.562. The summed E-state index contributed by atoms with van der Waals surface area (Å²) in [5.41, 5.74) is 3.33. The highest BCUT2D eigenvalue weighted by molar-refractivity contribution is 6.29. The van der Waals surface area contributed by atoms with Crippen molar-refractivity contribution < 1.29 is 9.32 Å². The first-order chi connectivity index (χ1) is 11.1. The van der Waals surface area contributed by atoms with Gasteiger partial charge in [-0.2, -0.15) is 5.10 Å². The van der Waals surface area contributed by atoms with Gasteiger partial charge in [0.25, 0.3) is 0 Å². The van der Waals surface area contributed by atoms with Crippen LogP contribution in [0.4, 0.5) is 5.69 Å². The van der Waals surface area contributed by atoms with Crippen molar-refractivity contribution in [3.05, 3.63) is 28.4 Å². The Hall–Kier alpha value is -1.82. The summed E-state index contributed by atoms with van der Waals surface area (Å²) in [6.45, 7) is 3.82. The van der Waals surface area contributed by atoms with Crippen molar-refractivity contribution in [3.63, 3.8) is 0 Å². The number of rotatable bonds is 5. The van der Waals surface area contributed by atoms with Gasteiger partial charge in [-0.05, 0) is 44.7 Å². The predicted octanol–water partition coefficient (Wildman–Crippen LogP) is 3.83. The van der Waals surface area contributed by atoms with Gasteiger partial charge in [0.1, 0.15) is 0 Å². The molecular weight excluding hydrogens is 316 g/mol. The van der Waals surface area contributed by atoms with E-state index in [1.807, 2.05) is 18.5 Å². The van der Waals surface area contributed by atoms with Crippen molar-refractivity contribution in [3.8, 4) is 0 Å². The molecule has 0 atom stereocenters. The van der Waals surface area contributed by atoms with Crippen molar-refractivity contribution in [1.82, 2.24) is 14.9 Å². The molecule has 0 bridgehead atoms. The minimum Gasteiger partial charge on any atom is -0.344 e. The molecule has 3 rings (SSSR count). The summed E-state index contributed by atoms with van der Waals surface area (Å²) in [6, 6.07) is 0.471. The molecule has 23 heavy (non-hydrogen) atoms. The summed E-state index contributed by atoms with van der Waals surface area (Å²) in [6.07, 6.45) is 7.42. The van der Waals surface area contributed by atoms with Crippen LogP contribution < -0.4 is 5.32 Å². The Morgan fingerprint density at radius 2 is 2.17 bits per heavy atom. The fourth-order valence-corrected chi connectivity index (χ4v) is 3.42. The Morgan fingerprint density at radius 1 is 1.43 bits per heavy atom. The molecule has 2 heterocycles. The number of carbonyl (C=O) groups is 1. The van der Waals surface area contributed by atoms with Crippen LogP contribution in [0.15, 0.2) is 10.7 Å². The second-order valence-electron chi connectivity index (χ2n) is 6.09. The topological polar surface area (TPSA) is 73.0 Å². The van der Waals surface area contributed by atoms with Gasteiger partial charge in [0.05, 0.1) is 29.3 Å². The summed E-state index contributed by atoms with van der Waals surface area (Å²) in [5.74, 6) is -0.0595. The lowest BCUT2D eigenvalue weighted by Crippen LogP contribution is -2.14. The number of hydrogen-bond donors (Lipinski definition) is 1. The molecule has 2 aromatic rings. The van der Waals surface area contributed by atoms with Gasteiger partial charge in [0, 0.05) is 12.0 Å². The molecule has 1 amide bonds. The molecule has 1 aliphatic rings. The van der Waals surface area contributed by atoms with Crippen LogP contribution in [0.3, 0.4) is 0 Å². The first-order valence-corrected chi connectivity index (χ1v) is 8.38. The lowest BCUT2D eigenvalue weighted by atomic mass is 10.1. The molecule has 1 fully saturated rings. The van der Waals surface area contributed by atoms with Gasteiger partial charge < -0.3 is 9.84 Å². The third-order valence-electron chi connectivity index (χ3n) is 4.53. The molecule has 0 radical (unpaired) electrons. The number of hydrogen-bond acceptors (Lipinski definition) is 4. The summed E-state index contributed by atoms with van der Waals surface area (Å²) >= 11 is 5.92. The van der Waals surface area contributed by atoms with Crippen LogP contribution >= 0.6 is 11.6 Å². The van der Waals surface area contributed by atoms with Crippen LogP contribution in [0, 0.1) is 13.8 Å². The molecule has 1 N–H and O–H groups in total. The molecule has 0 aromatic carbocycles. The highest BCUT2D eigenvalue weighted by Gasteiger charge is 2.21. The zero-order valence-electron chi connectivity index (χ0n) is 13.4. The van der Waals surface area contributed by atoms with E-state index in [0.717, 1.165) is 22.6 Å². The maximum atomic E-state index is 12.2. The third kappa shape index (κ3) is 3.42. The second kappa shape index (κ2) is 6.74. The van der Waals surface area contributed by atoms with Crippen LogP contribution in [0.25, 0.3) is 0 Å². The van der Waals surface area contributed by atoms with Crippen molar-refractivity contribution >= 4 is 23.2 Å². The smallest absolute Gasteiger partial charge is 0.229 e. The lowest BCUT2D eigenvalue weighted by molar-refractivity contribution is -0.116. The summed E-state index contributed by atoms with van der Waals surface area (Å²) in [5, 5.41) is 11.4. The Bertz CT molecular complexity index is 681. The molecule has 2 aromatic heterocycles. The molecule has 0 unspecified atom stereocenters. The largest absolute Gasteiger partial charge is 0.344 e. The standard InChI is InChI=1S/C16H21ClN4O2/c1-10-13(16(17)23-20-10)7-8-15(22)19-14-9-18-21(11(14)2)12-5-3-4-6-12/h9,12H,3-8H2,1-2H3,(H,19,22). The Balaban J connectivity index is 1.60. The first-order valence-electron chi connectivity index (χ1n) is 8.01. The first kappa shape index (κ1) is 16.1. The van der Waals surface area contributed by atoms with Gasteiger partial charge in [0.2, 0.25) is 11.1 Å². The average molecular weight is 337 g/mol. The fourth-order valence-electron chi connectivity index (χ4n) is 3.15. The van der Waals surface area contributed by atoms with Gasteiger partial charge in [-0.3, -0.25) is 9.48 Å².